The van der Waals surface area contributed by atoms with Crippen molar-refractivity contribution in [3.8, 4) is 6.07 Å². The summed E-state index contributed by atoms with van der Waals surface area (Å²) in [5.74, 6) is -0.447. The van der Waals surface area contributed by atoms with Gasteiger partial charge in [0.25, 0.3) is 5.91 Å². The first kappa shape index (κ1) is 19.0. The molecule has 0 radical (unpaired) electrons. The maximum Gasteiger partial charge on any atom is 0.261 e. The number of anilines is 1. The molecular weight excluding hydrogens is 316 g/mol. The van der Waals surface area contributed by atoms with Crippen LogP contribution in [0.4, 0.5) is 5.69 Å². The topological polar surface area (TPSA) is 79.6 Å². The molecule has 1 atom stereocenters. The van der Waals surface area contributed by atoms with Crippen LogP contribution >= 0.6 is 0 Å². The summed E-state index contributed by atoms with van der Waals surface area (Å²) in [5, 5.41) is 20.9. The fourth-order valence-electron chi connectivity index (χ4n) is 2.59. The molecule has 1 fully saturated rings. The summed E-state index contributed by atoms with van der Waals surface area (Å²) in [5.41, 5.74) is 2.04. The predicted molar refractivity (Wildman–Crippen MR) is 99.0 cm³/mol. The number of aliphatic hydroxyl groups is 1. The highest BCUT2D eigenvalue weighted by molar-refractivity contribution is 6.01. The molecule has 6 heteroatoms. The van der Waals surface area contributed by atoms with Gasteiger partial charge in [0.15, 0.2) is 0 Å². The number of carbonyl (C=O) groups excluding carboxylic acids is 1. The monoisotopic (exact) mass is 342 g/mol. The van der Waals surface area contributed by atoms with Crippen LogP contribution in [0.5, 0.6) is 0 Å². The summed E-state index contributed by atoms with van der Waals surface area (Å²) in [6, 6.07) is 9.85. The SMILES string of the molecule is CC(CO)CNC(=O)/C(C#N)=C/c1ccc(N2CCN(C)CC2)cc1. The van der Waals surface area contributed by atoms with Crippen molar-refractivity contribution in [3.63, 3.8) is 0 Å². The van der Waals surface area contributed by atoms with Crippen LogP contribution in [-0.4, -0.2) is 62.3 Å². The number of piperazine rings is 1. The second kappa shape index (κ2) is 9.21. The van der Waals surface area contributed by atoms with E-state index in [4.69, 9.17) is 5.11 Å². The molecule has 1 aromatic rings. The molecule has 0 saturated carbocycles. The summed E-state index contributed by atoms with van der Waals surface area (Å²) in [6.45, 7) is 6.27. The highest BCUT2D eigenvalue weighted by Crippen LogP contribution is 2.18. The second-order valence-electron chi connectivity index (χ2n) is 6.55. The molecule has 0 aromatic heterocycles. The van der Waals surface area contributed by atoms with E-state index in [-0.39, 0.29) is 18.1 Å². The van der Waals surface area contributed by atoms with Gasteiger partial charge in [-0.05, 0) is 36.7 Å². The lowest BCUT2D eigenvalue weighted by atomic mass is 10.1. The molecule has 0 spiro atoms. The number of hydrogen-bond acceptors (Lipinski definition) is 5. The number of likely N-dealkylation sites (N-methyl/N-ethyl adjacent to an activating group) is 1. The Labute approximate surface area is 149 Å². The normalized spacial score (nSPS) is 17.0. The van der Waals surface area contributed by atoms with E-state index in [9.17, 15) is 10.1 Å². The molecule has 6 nitrogen and oxygen atoms in total. The fraction of sp³-hybridized carbons (Fsp3) is 0.474. The van der Waals surface area contributed by atoms with E-state index >= 15 is 0 Å². The van der Waals surface area contributed by atoms with E-state index in [1.54, 1.807) is 6.08 Å². The van der Waals surface area contributed by atoms with Gasteiger partial charge >= 0.3 is 0 Å². The molecule has 25 heavy (non-hydrogen) atoms. The molecule has 0 aliphatic carbocycles. The van der Waals surface area contributed by atoms with Gasteiger partial charge in [0.1, 0.15) is 11.6 Å². The van der Waals surface area contributed by atoms with E-state index in [1.807, 2.05) is 37.3 Å². The van der Waals surface area contributed by atoms with Crippen LogP contribution in [0.2, 0.25) is 0 Å². The highest BCUT2D eigenvalue weighted by Gasteiger charge is 2.14. The second-order valence-corrected chi connectivity index (χ2v) is 6.55. The van der Waals surface area contributed by atoms with Gasteiger partial charge in [0.05, 0.1) is 0 Å². The molecule has 1 aromatic carbocycles. The Kier molecular flexibility index (Phi) is 6.99. The van der Waals surface area contributed by atoms with E-state index in [2.05, 4.69) is 22.2 Å². The van der Waals surface area contributed by atoms with Crippen molar-refractivity contribution in [1.29, 1.82) is 5.26 Å². The van der Waals surface area contributed by atoms with Gasteiger partial charge in [-0.2, -0.15) is 5.26 Å². The molecule has 134 valence electrons. The van der Waals surface area contributed by atoms with Gasteiger partial charge in [0.2, 0.25) is 0 Å². The number of rotatable bonds is 6. The smallest absolute Gasteiger partial charge is 0.261 e. The number of nitrogens with zero attached hydrogens (tertiary/aromatic N) is 3. The third-order valence-corrected chi connectivity index (χ3v) is 4.36. The Hall–Kier alpha value is -2.36. The van der Waals surface area contributed by atoms with Gasteiger partial charge in [-0.3, -0.25) is 4.79 Å². The number of carbonyl (C=O) groups is 1. The van der Waals surface area contributed by atoms with Crippen LogP contribution in [0.3, 0.4) is 0 Å². The average molecular weight is 342 g/mol. The van der Waals surface area contributed by atoms with Crippen molar-refractivity contribution in [2.75, 3.05) is 51.3 Å². The lowest BCUT2D eigenvalue weighted by Crippen LogP contribution is -2.44. The van der Waals surface area contributed by atoms with Gasteiger partial charge in [-0.15, -0.1) is 0 Å². The Morgan fingerprint density at radius 2 is 1.96 bits per heavy atom. The standard InChI is InChI=1S/C19H26N4O2/c1-15(14-24)13-21-19(25)17(12-20)11-16-3-5-18(6-4-16)23-9-7-22(2)8-10-23/h3-6,11,15,24H,7-10,13-14H2,1-2H3,(H,21,25)/b17-11+. The van der Waals surface area contributed by atoms with Crippen LogP contribution in [0, 0.1) is 17.2 Å². The number of nitriles is 1. The number of benzene rings is 1. The quantitative estimate of drug-likeness (QED) is 0.598. The maximum absolute atomic E-state index is 12.0. The third-order valence-electron chi connectivity index (χ3n) is 4.36. The van der Waals surface area contributed by atoms with Crippen molar-refractivity contribution < 1.29 is 9.90 Å². The summed E-state index contributed by atoms with van der Waals surface area (Å²) in [6.07, 6.45) is 1.59. The first-order valence-corrected chi connectivity index (χ1v) is 8.58. The van der Waals surface area contributed by atoms with Gasteiger partial charge in [0, 0.05) is 45.0 Å². The lowest BCUT2D eigenvalue weighted by Gasteiger charge is -2.34. The number of aliphatic hydroxyl groups excluding tert-OH is 1. The molecule has 0 bridgehead atoms. The van der Waals surface area contributed by atoms with Crippen LogP contribution < -0.4 is 10.2 Å². The summed E-state index contributed by atoms with van der Waals surface area (Å²) in [4.78, 5) is 16.7. The fourth-order valence-corrected chi connectivity index (χ4v) is 2.59. The summed E-state index contributed by atoms with van der Waals surface area (Å²) in [7, 11) is 2.13. The Balaban J connectivity index is 2.01. The maximum atomic E-state index is 12.0. The van der Waals surface area contributed by atoms with Gasteiger partial charge in [-0.25, -0.2) is 0 Å². The zero-order valence-corrected chi connectivity index (χ0v) is 14.9. The zero-order chi connectivity index (χ0) is 18.2. The Morgan fingerprint density at radius 1 is 1.32 bits per heavy atom. The van der Waals surface area contributed by atoms with Crippen molar-refractivity contribution in [2.45, 2.75) is 6.92 Å². The number of hydrogen-bond donors (Lipinski definition) is 2. The van der Waals surface area contributed by atoms with E-state index in [0.717, 1.165) is 37.4 Å². The molecule has 1 aliphatic rings. The molecule has 2 N–H and O–H groups in total. The zero-order valence-electron chi connectivity index (χ0n) is 14.9. The largest absolute Gasteiger partial charge is 0.396 e. The first-order chi connectivity index (χ1) is 12.0. The van der Waals surface area contributed by atoms with Crippen LogP contribution in [0.25, 0.3) is 6.08 Å². The van der Waals surface area contributed by atoms with Gasteiger partial charge in [-0.1, -0.05) is 19.1 Å². The van der Waals surface area contributed by atoms with Crippen LogP contribution in [-0.2, 0) is 4.79 Å². The summed E-state index contributed by atoms with van der Waals surface area (Å²) < 4.78 is 0. The predicted octanol–water partition coefficient (Wildman–Crippen LogP) is 1.09. The van der Waals surface area contributed by atoms with Crippen LogP contribution in [0.1, 0.15) is 12.5 Å². The van der Waals surface area contributed by atoms with E-state index in [0.29, 0.717) is 6.54 Å². The highest BCUT2D eigenvalue weighted by atomic mass is 16.3. The summed E-state index contributed by atoms with van der Waals surface area (Å²) >= 11 is 0. The minimum absolute atomic E-state index is 0.000363. The van der Waals surface area contributed by atoms with Crippen molar-refractivity contribution >= 4 is 17.7 Å². The number of amides is 1. The lowest BCUT2D eigenvalue weighted by molar-refractivity contribution is -0.117. The first-order valence-electron chi connectivity index (χ1n) is 8.58. The Morgan fingerprint density at radius 3 is 2.52 bits per heavy atom. The molecule has 1 unspecified atom stereocenters. The van der Waals surface area contributed by atoms with Gasteiger partial charge < -0.3 is 20.2 Å². The van der Waals surface area contributed by atoms with Crippen molar-refractivity contribution in [3.05, 3.63) is 35.4 Å². The number of nitrogens with one attached hydrogen (secondary N) is 1. The molecule has 1 aliphatic heterocycles. The van der Waals surface area contributed by atoms with Crippen molar-refractivity contribution in [1.82, 2.24) is 10.2 Å². The molecule has 1 heterocycles. The minimum atomic E-state index is -0.411. The van der Waals surface area contributed by atoms with Crippen molar-refractivity contribution in [2.24, 2.45) is 5.92 Å². The molecular formula is C19H26N4O2. The average Bonchev–Trinajstić information content (AvgIpc) is 2.65. The van der Waals surface area contributed by atoms with E-state index < -0.39 is 5.91 Å². The Bertz CT molecular complexity index is 640. The minimum Gasteiger partial charge on any atom is -0.396 e. The van der Waals surface area contributed by atoms with E-state index in [1.165, 1.54) is 0 Å². The third kappa shape index (κ3) is 5.59. The van der Waals surface area contributed by atoms with Crippen LogP contribution in [0.15, 0.2) is 29.8 Å². The molecule has 1 saturated heterocycles. The molecule has 2 rings (SSSR count). The molecule has 1 amide bonds.